The summed E-state index contributed by atoms with van der Waals surface area (Å²) in [5.74, 6) is 0.378. The maximum Gasteiger partial charge on any atom is 0.238 e. The van der Waals surface area contributed by atoms with Crippen LogP contribution < -0.4 is 5.32 Å². The minimum absolute atomic E-state index is 0.0846. The van der Waals surface area contributed by atoms with E-state index in [4.69, 9.17) is 0 Å². The van der Waals surface area contributed by atoms with Crippen LogP contribution in [0.2, 0.25) is 0 Å². The molecule has 1 aromatic carbocycles. The summed E-state index contributed by atoms with van der Waals surface area (Å²) in [6.07, 6.45) is 5.82. The molecule has 1 heterocycles. The van der Waals surface area contributed by atoms with E-state index in [0.717, 1.165) is 0 Å². The van der Waals surface area contributed by atoms with Gasteiger partial charge in [0, 0.05) is 11.6 Å². The fraction of sp³-hybridized carbons (Fsp3) is 0.588. The number of halogens is 1. The van der Waals surface area contributed by atoms with Crippen molar-refractivity contribution in [3.8, 4) is 0 Å². The molecule has 0 spiro atoms. The Bertz CT molecular complexity index is 513. The number of amides is 1. The van der Waals surface area contributed by atoms with Crippen molar-refractivity contribution in [2.75, 3.05) is 6.54 Å². The Labute approximate surface area is 125 Å². The van der Waals surface area contributed by atoms with Gasteiger partial charge in [0.2, 0.25) is 5.91 Å². The van der Waals surface area contributed by atoms with Crippen LogP contribution in [0, 0.1) is 11.7 Å². The average molecular weight is 290 g/mol. The van der Waals surface area contributed by atoms with Crippen molar-refractivity contribution in [3.05, 3.63) is 35.6 Å². The van der Waals surface area contributed by atoms with E-state index in [9.17, 15) is 9.18 Å². The zero-order valence-electron chi connectivity index (χ0n) is 12.5. The second-order valence-corrected chi connectivity index (χ2v) is 6.24. The summed E-state index contributed by atoms with van der Waals surface area (Å²) in [4.78, 5) is 14.2. The molecular weight excluding hydrogens is 267 g/mol. The molecule has 3 nitrogen and oxygen atoms in total. The normalized spacial score (nSPS) is 25.3. The Morgan fingerprint density at radius 3 is 2.67 bits per heavy atom. The van der Waals surface area contributed by atoms with E-state index in [2.05, 4.69) is 12.2 Å². The van der Waals surface area contributed by atoms with Gasteiger partial charge in [0.15, 0.2) is 0 Å². The Hall–Kier alpha value is -1.42. The molecule has 3 rings (SSSR count). The van der Waals surface area contributed by atoms with E-state index >= 15 is 0 Å². The minimum Gasteiger partial charge on any atom is -0.319 e. The lowest BCUT2D eigenvalue weighted by molar-refractivity contribution is -0.131. The Kier molecular flexibility index (Phi) is 4.24. The zero-order chi connectivity index (χ0) is 14.8. The number of carbonyl (C=O) groups is 1. The van der Waals surface area contributed by atoms with Gasteiger partial charge in [0.25, 0.3) is 0 Å². The van der Waals surface area contributed by atoms with Crippen LogP contribution >= 0.6 is 0 Å². The van der Waals surface area contributed by atoms with Crippen molar-refractivity contribution in [1.29, 1.82) is 0 Å². The molecule has 21 heavy (non-hydrogen) atoms. The van der Waals surface area contributed by atoms with E-state index < -0.39 is 0 Å². The van der Waals surface area contributed by atoms with Gasteiger partial charge in [-0.05, 0) is 31.7 Å². The lowest BCUT2D eigenvalue weighted by Crippen LogP contribution is -2.43. The molecule has 0 bridgehead atoms. The van der Waals surface area contributed by atoms with E-state index in [-0.39, 0.29) is 23.9 Å². The van der Waals surface area contributed by atoms with Gasteiger partial charge in [-0.15, -0.1) is 0 Å². The summed E-state index contributed by atoms with van der Waals surface area (Å²) in [6.45, 7) is 2.42. The van der Waals surface area contributed by atoms with Crippen LogP contribution in [-0.4, -0.2) is 23.4 Å². The number of benzene rings is 1. The number of hydrogen-bond donors (Lipinski definition) is 1. The number of hydrogen-bond acceptors (Lipinski definition) is 2. The molecule has 1 amide bonds. The van der Waals surface area contributed by atoms with E-state index in [1.54, 1.807) is 12.1 Å². The summed E-state index contributed by atoms with van der Waals surface area (Å²) in [6, 6.07) is 6.91. The molecular formula is C17H23FN2O. The highest BCUT2D eigenvalue weighted by Gasteiger charge is 2.39. The van der Waals surface area contributed by atoms with Crippen LogP contribution in [0.1, 0.15) is 50.8 Å². The predicted octanol–water partition coefficient (Wildman–Crippen LogP) is 3.22. The van der Waals surface area contributed by atoms with Gasteiger partial charge in [0.1, 0.15) is 12.0 Å². The smallest absolute Gasteiger partial charge is 0.238 e. The largest absolute Gasteiger partial charge is 0.319 e. The maximum absolute atomic E-state index is 14.1. The fourth-order valence-electron chi connectivity index (χ4n) is 3.78. The molecule has 1 saturated heterocycles. The Balaban J connectivity index is 1.84. The molecule has 2 aliphatic rings. The standard InChI is InChI=1S/C17H23FN2O/c1-12(13-7-3-2-4-8-13)20-16(21)11-19-17(20)14-9-5-6-10-15(14)18/h5-6,9-10,12-13,17,19H,2-4,7-8,11H2,1H3. The van der Waals surface area contributed by atoms with Crippen molar-refractivity contribution in [1.82, 2.24) is 10.2 Å². The molecule has 1 N–H and O–H groups in total. The Morgan fingerprint density at radius 2 is 1.95 bits per heavy atom. The molecule has 0 radical (unpaired) electrons. The summed E-state index contributed by atoms with van der Waals surface area (Å²) in [5, 5.41) is 3.17. The molecule has 1 saturated carbocycles. The lowest BCUT2D eigenvalue weighted by atomic mass is 9.83. The third-order valence-electron chi connectivity index (χ3n) is 4.98. The van der Waals surface area contributed by atoms with Crippen molar-refractivity contribution in [3.63, 3.8) is 0 Å². The first-order valence-corrected chi connectivity index (χ1v) is 7.97. The van der Waals surface area contributed by atoms with Crippen LogP contribution in [0.3, 0.4) is 0 Å². The summed E-state index contributed by atoms with van der Waals surface area (Å²) >= 11 is 0. The molecule has 2 fully saturated rings. The van der Waals surface area contributed by atoms with Gasteiger partial charge >= 0.3 is 0 Å². The second-order valence-electron chi connectivity index (χ2n) is 6.24. The van der Waals surface area contributed by atoms with Gasteiger partial charge in [-0.3, -0.25) is 10.1 Å². The number of rotatable bonds is 3. The highest BCUT2D eigenvalue weighted by atomic mass is 19.1. The van der Waals surface area contributed by atoms with Crippen molar-refractivity contribution in [2.45, 2.75) is 51.2 Å². The molecule has 2 unspecified atom stereocenters. The number of carbonyl (C=O) groups excluding carboxylic acids is 1. The summed E-state index contributed by atoms with van der Waals surface area (Å²) in [5.41, 5.74) is 0.575. The number of nitrogens with zero attached hydrogens (tertiary/aromatic N) is 1. The molecule has 1 aromatic rings. The summed E-state index contributed by atoms with van der Waals surface area (Å²) in [7, 11) is 0. The van der Waals surface area contributed by atoms with Crippen molar-refractivity contribution in [2.24, 2.45) is 5.92 Å². The van der Waals surface area contributed by atoms with Gasteiger partial charge in [0.05, 0.1) is 6.54 Å². The lowest BCUT2D eigenvalue weighted by Gasteiger charge is -2.37. The highest BCUT2D eigenvalue weighted by Crippen LogP contribution is 2.34. The molecule has 0 aromatic heterocycles. The van der Waals surface area contributed by atoms with Crippen LogP contribution in [0.25, 0.3) is 0 Å². The van der Waals surface area contributed by atoms with Crippen LogP contribution in [-0.2, 0) is 4.79 Å². The van der Waals surface area contributed by atoms with Gasteiger partial charge in [-0.1, -0.05) is 37.5 Å². The van der Waals surface area contributed by atoms with Crippen LogP contribution in [0.15, 0.2) is 24.3 Å². The SMILES string of the molecule is CC(C1CCCCC1)N1C(=O)CNC1c1ccccc1F. The van der Waals surface area contributed by atoms with Gasteiger partial charge in [-0.25, -0.2) is 4.39 Å². The van der Waals surface area contributed by atoms with Gasteiger partial charge in [-0.2, -0.15) is 0 Å². The van der Waals surface area contributed by atoms with E-state index in [0.29, 0.717) is 18.0 Å². The first kappa shape index (κ1) is 14.5. The maximum atomic E-state index is 14.1. The quantitative estimate of drug-likeness (QED) is 0.927. The second kappa shape index (κ2) is 6.14. The van der Waals surface area contributed by atoms with Crippen molar-refractivity contribution >= 4 is 5.91 Å². The monoisotopic (exact) mass is 290 g/mol. The van der Waals surface area contributed by atoms with Crippen LogP contribution in [0.5, 0.6) is 0 Å². The first-order chi connectivity index (χ1) is 10.2. The Morgan fingerprint density at radius 1 is 1.24 bits per heavy atom. The minimum atomic E-state index is -0.323. The highest BCUT2D eigenvalue weighted by molar-refractivity contribution is 5.81. The molecule has 1 aliphatic carbocycles. The van der Waals surface area contributed by atoms with E-state index in [1.165, 1.54) is 38.2 Å². The van der Waals surface area contributed by atoms with Crippen LogP contribution in [0.4, 0.5) is 4.39 Å². The topological polar surface area (TPSA) is 32.3 Å². The van der Waals surface area contributed by atoms with Gasteiger partial charge < -0.3 is 4.90 Å². The van der Waals surface area contributed by atoms with Crippen molar-refractivity contribution < 1.29 is 9.18 Å². The molecule has 2 atom stereocenters. The first-order valence-electron chi connectivity index (χ1n) is 7.97. The zero-order valence-corrected chi connectivity index (χ0v) is 12.5. The third-order valence-corrected chi connectivity index (χ3v) is 4.98. The average Bonchev–Trinajstić information content (AvgIpc) is 2.89. The number of nitrogens with one attached hydrogen (secondary N) is 1. The third kappa shape index (κ3) is 2.82. The summed E-state index contributed by atoms with van der Waals surface area (Å²) < 4.78 is 14.1. The molecule has 4 heteroatoms. The molecule has 114 valence electrons. The fourth-order valence-corrected chi connectivity index (χ4v) is 3.78. The molecule has 1 aliphatic heterocycles. The van der Waals surface area contributed by atoms with E-state index in [1.807, 2.05) is 11.0 Å². The predicted molar refractivity (Wildman–Crippen MR) is 80.0 cm³/mol.